The average molecular weight is 206 g/mol. The molecule has 1 aliphatic rings. The molecule has 1 heterocycles. The standard InChI is InChI=1S/C12H18N2O/c1-12(13,9-15)8-14-7-6-10-4-2-3-5-11(10)14/h2-5,15H,6-9,13H2,1H3. The molecule has 2 rings (SSSR count). The Morgan fingerprint density at radius 1 is 1.47 bits per heavy atom. The van der Waals surface area contributed by atoms with E-state index in [2.05, 4.69) is 23.1 Å². The third-order valence-corrected chi connectivity index (χ3v) is 2.90. The maximum absolute atomic E-state index is 9.15. The summed E-state index contributed by atoms with van der Waals surface area (Å²) in [6.07, 6.45) is 1.08. The highest BCUT2D eigenvalue weighted by Gasteiger charge is 2.25. The Morgan fingerprint density at radius 3 is 2.93 bits per heavy atom. The second kappa shape index (κ2) is 3.83. The van der Waals surface area contributed by atoms with Gasteiger partial charge in [0.1, 0.15) is 0 Å². The van der Waals surface area contributed by atoms with Crippen LogP contribution in [0.15, 0.2) is 24.3 Å². The van der Waals surface area contributed by atoms with Gasteiger partial charge in [-0.05, 0) is 25.0 Å². The lowest BCUT2D eigenvalue weighted by Crippen LogP contribution is -2.50. The van der Waals surface area contributed by atoms with Gasteiger partial charge in [0.25, 0.3) is 0 Å². The predicted molar refractivity (Wildman–Crippen MR) is 62.0 cm³/mol. The SMILES string of the molecule is CC(N)(CO)CN1CCc2ccccc21. The first-order valence-corrected chi connectivity index (χ1v) is 5.35. The van der Waals surface area contributed by atoms with Crippen LogP contribution in [0, 0.1) is 0 Å². The Hall–Kier alpha value is -1.06. The van der Waals surface area contributed by atoms with Gasteiger partial charge in [-0.1, -0.05) is 18.2 Å². The molecule has 82 valence electrons. The smallest absolute Gasteiger partial charge is 0.0625 e. The normalized spacial score (nSPS) is 18.7. The van der Waals surface area contributed by atoms with E-state index >= 15 is 0 Å². The van der Waals surface area contributed by atoms with Crippen LogP contribution in [0.3, 0.4) is 0 Å². The number of rotatable bonds is 3. The van der Waals surface area contributed by atoms with Crippen LogP contribution in [-0.4, -0.2) is 30.3 Å². The second-order valence-corrected chi connectivity index (χ2v) is 4.61. The Kier molecular flexibility index (Phi) is 2.67. The Morgan fingerprint density at radius 2 is 2.20 bits per heavy atom. The van der Waals surface area contributed by atoms with E-state index in [1.807, 2.05) is 13.0 Å². The molecule has 1 aliphatic heterocycles. The van der Waals surface area contributed by atoms with Crippen molar-refractivity contribution in [3.63, 3.8) is 0 Å². The molecule has 0 amide bonds. The van der Waals surface area contributed by atoms with E-state index in [0.717, 1.165) is 13.0 Å². The zero-order valence-corrected chi connectivity index (χ0v) is 9.11. The maximum Gasteiger partial charge on any atom is 0.0625 e. The highest BCUT2D eigenvalue weighted by molar-refractivity contribution is 5.58. The number of nitrogens with zero attached hydrogens (tertiary/aromatic N) is 1. The van der Waals surface area contributed by atoms with E-state index in [4.69, 9.17) is 10.8 Å². The van der Waals surface area contributed by atoms with Gasteiger partial charge in [0.05, 0.1) is 12.1 Å². The van der Waals surface area contributed by atoms with Gasteiger partial charge in [-0.2, -0.15) is 0 Å². The second-order valence-electron chi connectivity index (χ2n) is 4.61. The molecule has 0 aromatic heterocycles. The van der Waals surface area contributed by atoms with Crippen LogP contribution in [0.4, 0.5) is 5.69 Å². The summed E-state index contributed by atoms with van der Waals surface area (Å²) < 4.78 is 0. The van der Waals surface area contributed by atoms with Gasteiger partial charge in [-0.3, -0.25) is 0 Å². The fraction of sp³-hybridized carbons (Fsp3) is 0.500. The molecule has 3 N–H and O–H groups in total. The molecular weight excluding hydrogens is 188 g/mol. The topological polar surface area (TPSA) is 49.5 Å². The fourth-order valence-electron chi connectivity index (χ4n) is 2.06. The number of aliphatic hydroxyl groups excluding tert-OH is 1. The molecular formula is C12H18N2O. The van der Waals surface area contributed by atoms with E-state index < -0.39 is 5.54 Å². The van der Waals surface area contributed by atoms with Gasteiger partial charge in [-0.15, -0.1) is 0 Å². The van der Waals surface area contributed by atoms with Crippen LogP contribution < -0.4 is 10.6 Å². The number of benzene rings is 1. The first kappa shape index (κ1) is 10.5. The summed E-state index contributed by atoms with van der Waals surface area (Å²) in [5.74, 6) is 0. The number of aliphatic hydroxyl groups is 1. The fourth-order valence-corrected chi connectivity index (χ4v) is 2.06. The van der Waals surface area contributed by atoms with Crippen molar-refractivity contribution in [2.45, 2.75) is 18.9 Å². The Bertz CT molecular complexity index is 349. The summed E-state index contributed by atoms with van der Waals surface area (Å²) in [4.78, 5) is 2.26. The average Bonchev–Trinajstić information content (AvgIpc) is 2.62. The molecule has 0 aliphatic carbocycles. The number of anilines is 1. The first-order chi connectivity index (χ1) is 7.12. The van der Waals surface area contributed by atoms with Crippen molar-refractivity contribution >= 4 is 5.69 Å². The van der Waals surface area contributed by atoms with Gasteiger partial charge in [0, 0.05) is 18.8 Å². The molecule has 3 heteroatoms. The molecule has 1 aromatic carbocycles. The highest BCUT2D eigenvalue weighted by atomic mass is 16.3. The molecule has 1 atom stereocenters. The van der Waals surface area contributed by atoms with Crippen molar-refractivity contribution in [3.05, 3.63) is 29.8 Å². The van der Waals surface area contributed by atoms with Gasteiger partial charge in [0.15, 0.2) is 0 Å². The van der Waals surface area contributed by atoms with Crippen molar-refractivity contribution in [1.82, 2.24) is 0 Å². The van der Waals surface area contributed by atoms with Crippen LogP contribution in [0.2, 0.25) is 0 Å². The lowest BCUT2D eigenvalue weighted by molar-refractivity contribution is 0.211. The predicted octanol–water partition coefficient (Wildman–Crippen LogP) is 0.759. The maximum atomic E-state index is 9.15. The van der Waals surface area contributed by atoms with Crippen LogP contribution >= 0.6 is 0 Å². The van der Waals surface area contributed by atoms with Gasteiger partial charge < -0.3 is 15.7 Å². The molecule has 0 bridgehead atoms. The molecule has 0 radical (unpaired) electrons. The van der Waals surface area contributed by atoms with Crippen LogP contribution in [-0.2, 0) is 6.42 Å². The number of hydrogen-bond donors (Lipinski definition) is 2. The third kappa shape index (κ3) is 2.13. The molecule has 1 aromatic rings. The molecule has 15 heavy (non-hydrogen) atoms. The molecule has 0 fully saturated rings. The summed E-state index contributed by atoms with van der Waals surface area (Å²) in [5.41, 5.74) is 8.09. The number of hydrogen-bond acceptors (Lipinski definition) is 3. The minimum atomic E-state index is -0.516. The van der Waals surface area contributed by atoms with Crippen molar-refractivity contribution in [2.75, 3.05) is 24.6 Å². The molecule has 0 saturated heterocycles. The number of para-hydroxylation sites is 1. The molecule has 3 nitrogen and oxygen atoms in total. The summed E-state index contributed by atoms with van der Waals surface area (Å²) in [6.45, 7) is 3.62. The Balaban J connectivity index is 2.14. The molecule has 0 saturated carbocycles. The summed E-state index contributed by atoms with van der Waals surface area (Å²) >= 11 is 0. The summed E-state index contributed by atoms with van der Waals surface area (Å²) in [6, 6.07) is 8.39. The van der Waals surface area contributed by atoms with Crippen molar-refractivity contribution in [2.24, 2.45) is 5.73 Å². The van der Waals surface area contributed by atoms with Crippen LogP contribution in [0.25, 0.3) is 0 Å². The summed E-state index contributed by atoms with van der Waals surface area (Å²) in [7, 11) is 0. The minimum Gasteiger partial charge on any atom is -0.394 e. The van der Waals surface area contributed by atoms with E-state index in [0.29, 0.717) is 6.54 Å². The third-order valence-electron chi connectivity index (χ3n) is 2.90. The minimum absolute atomic E-state index is 0.0195. The molecule has 1 unspecified atom stereocenters. The summed E-state index contributed by atoms with van der Waals surface area (Å²) in [5, 5.41) is 9.15. The zero-order valence-electron chi connectivity index (χ0n) is 9.11. The van der Waals surface area contributed by atoms with Crippen molar-refractivity contribution in [1.29, 1.82) is 0 Å². The Labute approximate surface area is 90.5 Å². The highest BCUT2D eigenvalue weighted by Crippen LogP contribution is 2.28. The lowest BCUT2D eigenvalue weighted by Gasteiger charge is -2.30. The van der Waals surface area contributed by atoms with E-state index in [1.165, 1.54) is 11.3 Å². The van der Waals surface area contributed by atoms with E-state index in [1.54, 1.807) is 0 Å². The van der Waals surface area contributed by atoms with Gasteiger partial charge >= 0.3 is 0 Å². The van der Waals surface area contributed by atoms with Crippen molar-refractivity contribution < 1.29 is 5.11 Å². The van der Waals surface area contributed by atoms with Gasteiger partial charge in [0.2, 0.25) is 0 Å². The van der Waals surface area contributed by atoms with Crippen LogP contribution in [0.5, 0.6) is 0 Å². The first-order valence-electron chi connectivity index (χ1n) is 5.35. The van der Waals surface area contributed by atoms with Gasteiger partial charge in [-0.25, -0.2) is 0 Å². The van der Waals surface area contributed by atoms with Crippen LogP contribution in [0.1, 0.15) is 12.5 Å². The van der Waals surface area contributed by atoms with E-state index in [-0.39, 0.29) is 6.61 Å². The lowest BCUT2D eigenvalue weighted by atomic mass is 10.1. The number of fused-ring (bicyclic) bond motifs is 1. The monoisotopic (exact) mass is 206 g/mol. The number of nitrogens with two attached hydrogens (primary N) is 1. The van der Waals surface area contributed by atoms with Crippen molar-refractivity contribution in [3.8, 4) is 0 Å². The quantitative estimate of drug-likeness (QED) is 0.767. The largest absolute Gasteiger partial charge is 0.394 e. The molecule has 0 spiro atoms. The van der Waals surface area contributed by atoms with E-state index in [9.17, 15) is 0 Å². The zero-order chi connectivity index (χ0) is 10.9.